The van der Waals surface area contributed by atoms with E-state index in [4.69, 9.17) is 0 Å². The van der Waals surface area contributed by atoms with E-state index in [2.05, 4.69) is 64.7 Å². The van der Waals surface area contributed by atoms with Crippen molar-refractivity contribution >= 4 is 24.2 Å². The molecule has 0 atom stereocenters. The molecule has 0 aliphatic rings. The van der Waals surface area contributed by atoms with E-state index in [-0.39, 0.29) is 0 Å². The second kappa shape index (κ2) is 4.10. The molecule has 0 bridgehead atoms. The standard InChI is InChI=1S/C11H28Si3/c1-10-14(8,9)11(12(2,3)4)13(5,6)7/h10-11H,1H2,2-9H3. The van der Waals surface area contributed by atoms with Gasteiger partial charge in [-0.3, -0.25) is 0 Å². The zero-order chi connectivity index (χ0) is 11.8. The van der Waals surface area contributed by atoms with E-state index in [0.717, 1.165) is 4.79 Å². The molecule has 0 saturated heterocycles. The monoisotopic (exact) mass is 244 g/mol. The van der Waals surface area contributed by atoms with Gasteiger partial charge in [0.15, 0.2) is 0 Å². The average Bonchev–Trinajstić information content (AvgIpc) is 1.79. The average molecular weight is 245 g/mol. The van der Waals surface area contributed by atoms with Crippen molar-refractivity contribution in [3.63, 3.8) is 0 Å². The van der Waals surface area contributed by atoms with Gasteiger partial charge in [-0.05, 0) is 0 Å². The highest BCUT2D eigenvalue weighted by atomic mass is 28.5. The Morgan fingerprint density at radius 3 is 1.14 bits per heavy atom. The van der Waals surface area contributed by atoms with Crippen molar-refractivity contribution in [2.75, 3.05) is 0 Å². The van der Waals surface area contributed by atoms with Gasteiger partial charge in [-0.25, -0.2) is 0 Å². The predicted molar refractivity (Wildman–Crippen MR) is 78.1 cm³/mol. The van der Waals surface area contributed by atoms with Gasteiger partial charge in [0.1, 0.15) is 0 Å². The first-order valence-corrected chi connectivity index (χ1v) is 15.9. The molecular formula is C11H28Si3. The van der Waals surface area contributed by atoms with Crippen LogP contribution in [0, 0.1) is 0 Å². The van der Waals surface area contributed by atoms with Crippen LogP contribution in [-0.2, 0) is 0 Å². The van der Waals surface area contributed by atoms with Gasteiger partial charge in [-0.1, -0.05) is 57.2 Å². The van der Waals surface area contributed by atoms with Gasteiger partial charge in [0.2, 0.25) is 0 Å². The Hall–Kier alpha value is 0.391. The third-order valence-electron chi connectivity index (χ3n) is 3.00. The fourth-order valence-electron chi connectivity index (χ4n) is 3.65. The largest absolute Gasteiger partial charge is 0.107 e. The number of rotatable bonds is 4. The molecule has 0 aliphatic heterocycles. The molecule has 0 amide bonds. The molecule has 0 aromatic rings. The molecule has 0 spiro atoms. The Morgan fingerprint density at radius 2 is 1.07 bits per heavy atom. The summed E-state index contributed by atoms with van der Waals surface area (Å²) >= 11 is 0. The number of hydrogen-bond donors (Lipinski definition) is 0. The van der Waals surface area contributed by atoms with Crippen LogP contribution in [0.25, 0.3) is 0 Å². The van der Waals surface area contributed by atoms with E-state index in [1.165, 1.54) is 0 Å². The normalized spacial score (nSPS) is 14.6. The maximum Gasteiger partial charge on any atom is 0.0688 e. The van der Waals surface area contributed by atoms with Crippen molar-refractivity contribution < 1.29 is 0 Å². The van der Waals surface area contributed by atoms with Crippen molar-refractivity contribution in [3.05, 3.63) is 12.3 Å². The van der Waals surface area contributed by atoms with Crippen LogP contribution >= 0.6 is 0 Å². The summed E-state index contributed by atoms with van der Waals surface area (Å²) in [6, 6.07) is 0. The highest BCUT2D eigenvalue weighted by Gasteiger charge is 2.46. The van der Waals surface area contributed by atoms with Crippen LogP contribution in [0.5, 0.6) is 0 Å². The fourth-order valence-corrected chi connectivity index (χ4v) is 32.8. The van der Waals surface area contributed by atoms with Crippen molar-refractivity contribution in [2.45, 2.75) is 57.2 Å². The van der Waals surface area contributed by atoms with Crippen LogP contribution < -0.4 is 0 Å². The zero-order valence-electron chi connectivity index (χ0n) is 11.4. The van der Waals surface area contributed by atoms with Crippen LogP contribution in [0.2, 0.25) is 57.2 Å². The lowest BCUT2D eigenvalue weighted by Gasteiger charge is -2.46. The topological polar surface area (TPSA) is 0 Å². The lowest BCUT2D eigenvalue weighted by Crippen LogP contribution is -2.56. The van der Waals surface area contributed by atoms with E-state index in [0.29, 0.717) is 0 Å². The van der Waals surface area contributed by atoms with E-state index < -0.39 is 24.2 Å². The number of hydrogen-bond acceptors (Lipinski definition) is 0. The molecule has 0 fully saturated rings. The van der Waals surface area contributed by atoms with Crippen LogP contribution in [0.4, 0.5) is 0 Å². The van der Waals surface area contributed by atoms with E-state index in [9.17, 15) is 0 Å². The summed E-state index contributed by atoms with van der Waals surface area (Å²) in [7, 11) is -3.24. The van der Waals surface area contributed by atoms with E-state index in [1.54, 1.807) is 0 Å². The lowest BCUT2D eigenvalue weighted by atomic mass is 11.3. The first kappa shape index (κ1) is 14.4. The van der Waals surface area contributed by atoms with Crippen molar-refractivity contribution in [2.24, 2.45) is 0 Å². The maximum atomic E-state index is 4.09. The van der Waals surface area contributed by atoms with Gasteiger partial charge in [-0.2, -0.15) is 0 Å². The molecule has 3 heteroatoms. The summed E-state index contributed by atoms with van der Waals surface area (Å²) in [6.07, 6.45) is 0. The lowest BCUT2D eigenvalue weighted by molar-refractivity contribution is 1.36. The molecule has 0 saturated carbocycles. The fraction of sp³-hybridized carbons (Fsp3) is 0.818. The van der Waals surface area contributed by atoms with Gasteiger partial charge >= 0.3 is 0 Å². The second-order valence-corrected chi connectivity index (χ2v) is 24.2. The molecule has 0 aliphatic carbocycles. The highest BCUT2D eigenvalue weighted by Crippen LogP contribution is 2.40. The molecule has 0 rings (SSSR count). The van der Waals surface area contributed by atoms with Crippen molar-refractivity contribution in [3.8, 4) is 0 Å². The molecular weight excluding hydrogens is 216 g/mol. The summed E-state index contributed by atoms with van der Waals surface area (Å²) in [6.45, 7) is 24.3. The molecule has 0 heterocycles. The predicted octanol–water partition coefficient (Wildman–Crippen LogP) is 4.55. The SMILES string of the molecule is C=C[Si](C)(C)C([Si](C)(C)C)[Si](C)(C)C. The quantitative estimate of drug-likeness (QED) is 0.637. The third kappa shape index (κ3) is 3.51. The first-order valence-electron chi connectivity index (χ1n) is 5.56. The Kier molecular flexibility index (Phi) is 4.22. The van der Waals surface area contributed by atoms with Crippen molar-refractivity contribution in [1.29, 1.82) is 0 Å². The highest BCUT2D eigenvalue weighted by molar-refractivity contribution is 7.13. The second-order valence-electron chi connectivity index (χ2n) is 7.19. The van der Waals surface area contributed by atoms with Gasteiger partial charge in [0.05, 0.1) is 8.07 Å². The van der Waals surface area contributed by atoms with Gasteiger partial charge in [-0.15, -0.1) is 12.3 Å². The molecule has 14 heavy (non-hydrogen) atoms. The third-order valence-corrected chi connectivity index (χ3v) is 23.9. The molecule has 0 radical (unpaired) electrons. The minimum atomic E-state index is -1.19. The summed E-state index contributed by atoms with van der Waals surface area (Å²) in [5.41, 5.74) is 2.31. The Labute approximate surface area is 93.8 Å². The summed E-state index contributed by atoms with van der Waals surface area (Å²) in [4.78, 5) is 1.04. The van der Waals surface area contributed by atoms with Gasteiger partial charge in [0, 0.05) is 16.1 Å². The molecule has 0 aromatic heterocycles. The molecule has 0 nitrogen and oxygen atoms in total. The molecule has 0 unspecified atom stereocenters. The summed E-state index contributed by atoms with van der Waals surface area (Å²) < 4.78 is 0. The molecule has 84 valence electrons. The van der Waals surface area contributed by atoms with Crippen LogP contribution in [0.1, 0.15) is 0 Å². The van der Waals surface area contributed by atoms with Crippen LogP contribution in [0.3, 0.4) is 0 Å². The Bertz CT molecular complexity index is 192. The first-order chi connectivity index (χ1) is 5.93. The minimum absolute atomic E-state index is 1.03. The van der Waals surface area contributed by atoms with Gasteiger partial charge < -0.3 is 0 Å². The van der Waals surface area contributed by atoms with Crippen molar-refractivity contribution in [1.82, 2.24) is 0 Å². The zero-order valence-corrected chi connectivity index (χ0v) is 14.4. The van der Waals surface area contributed by atoms with Crippen LogP contribution in [-0.4, -0.2) is 24.2 Å². The Balaban J connectivity index is 5.24. The van der Waals surface area contributed by atoms with E-state index >= 15 is 0 Å². The smallest absolute Gasteiger partial charge is 0.0688 e. The van der Waals surface area contributed by atoms with Crippen LogP contribution in [0.15, 0.2) is 12.3 Å². The summed E-state index contributed by atoms with van der Waals surface area (Å²) in [5.74, 6) is 0. The Morgan fingerprint density at radius 1 is 0.786 bits per heavy atom. The van der Waals surface area contributed by atoms with E-state index in [1.807, 2.05) is 0 Å². The maximum absolute atomic E-state index is 4.09. The summed E-state index contributed by atoms with van der Waals surface area (Å²) in [5, 5.41) is 0. The van der Waals surface area contributed by atoms with Gasteiger partial charge in [0.25, 0.3) is 0 Å². The molecule has 0 N–H and O–H groups in total. The molecule has 0 aromatic carbocycles. The minimum Gasteiger partial charge on any atom is -0.107 e.